The maximum absolute atomic E-state index is 13.1. The summed E-state index contributed by atoms with van der Waals surface area (Å²) in [5, 5.41) is 0. The summed E-state index contributed by atoms with van der Waals surface area (Å²) < 4.78 is 45.2. The van der Waals surface area contributed by atoms with Gasteiger partial charge in [-0.1, -0.05) is 0 Å². The van der Waals surface area contributed by atoms with E-state index in [1.54, 1.807) is 6.92 Å². The molecule has 2 rings (SSSR count). The van der Waals surface area contributed by atoms with Crippen LogP contribution in [0.15, 0.2) is 33.8 Å². The first-order valence-electron chi connectivity index (χ1n) is 6.62. The molecule has 6 nitrogen and oxygen atoms in total. The second-order valence-electron chi connectivity index (χ2n) is 5.20. The van der Waals surface area contributed by atoms with Crippen molar-refractivity contribution in [2.45, 2.75) is 24.9 Å². The molecule has 2 aromatic rings. The van der Waals surface area contributed by atoms with Crippen molar-refractivity contribution in [3.05, 3.63) is 47.4 Å². The summed E-state index contributed by atoms with van der Waals surface area (Å²) in [5.41, 5.74) is 0.834. The Morgan fingerprint density at radius 2 is 2.09 bits per heavy atom. The van der Waals surface area contributed by atoms with Gasteiger partial charge in [0, 0.05) is 0 Å². The van der Waals surface area contributed by atoms with Gasteiger partial charge in [-0.3, -0.25) is 0 Å². The summed E-state index contributed by atoms with van der Waals surface area (Å²) in [6.45, 7) is 2.09. The zero-order valence-electron chi connectivity index (χ0n) is 12.6. The predicted molar refractivity (Wildman–Crippen MR) is 79.1 cm³/mol. The normalized spacial score (nSPS) is 12.0. The van der Waals surface area contributed by atoms with E-state index in [1.165, 1.54) is 18.4 Å². The number of nitrogens with one attached hydrogen (secondary N) is 1. The molecule has 0 saturated carbocycles. The fourth-order valence-electron chi connectivity index (χ4n) is 1.93. The molecule has 0 aliphatic heterocycles. The Bertz CT molecular complexity index is 756. The summed E-state index contributed by atoms with van der Waals surface area (Å²) in [4.78, 5) is 6.13. The SMILES string of the molecule is Cc1cc(F)ccc1S(=O)(=O)NCc1coc(CN(C)C)n1. The number of aryl methyl sites for hydroxylation is 1. The van der Waals surface area contributed by atoms with Crippen LogP contribution in [0.3, 0.4) is 0 Å². The van der Waals surface area contributed by atoms with Crippen LogP contribution in [0, 0.1) is 12.7 Å². The number of aromatic nitrogens is 1. The first-order chi connectivity index (χ1) is 10.3. The quantitative estimate of drug-likeness (QED) is 0.873. The molecule has 0 saturated heterocycles. The zero-order valence-corrected chi connectivity index (χ0v) is 13.4. The van der Waals surface area contributed by atoms with Gasteiger partial charge in [-0.2, -0.15) is 0 Å². The largest absolute Gasteiger partial charge is 0.447 e. The van der Waals surface area contributed by atoms with Crippen LogP contribution in [0.2, 0.25) is 0 Å². The number of halogens is 1. The molecule has 22 heavy (non-hydrogen) atoms. The Hall–Kier alpha value is -1.77. The third kappa shape index (κ3) is 4.12. The molecule has 0 spiro atoms. The molecule has 0 amide bonds. The van der Waals surface area contributed by atoms with Gasteiger partial charge in [0.25, 0.3) is 0 Å². The molecule has 8 heteroatoms. The minimum atomic E-state index is -3.73. The van der Waals surface area contributed by atoms with Crippen molar-refractivity contribution in [3.8, 4) is 0 Å². The summed E-state index contributed by atoms with van der Waals surface area (Å²) >= 11 is 0. The summed E-state index contributed by atoms with van der Waals surface area (Å²) in [5.74, 6) is 0.0402. The number of hydrogen-bond acceptors (Lipinski definition) is 5. The van der Waals surface area contributed by atoms with Crippen LogP contribution in [0.1, 0.15) is 17.1 Å². The topological polar surface area (TPSA) is 75.4 Å². The van der Waals surface area contributed by atoms with E-state index >= 15 is 0 Å². The minimum Gasteiger partial charge on any atom is -0.447 e. The monoisotopic (exact) mass is 327 g/mol. The van der Waals surface area contributed by atoms with E-state index in [4.69, 9.17) is 4.42 Å². The van der Waals surface area contributed by atoms with E-state index < -0.39 is 15.8 Å². The molecule has 0 aliphatic rings. The fraction of sp³-hybridized carbons (Fsp3) is 0.357. The molecule has 0 atom stereocenters. The zero-order chi connectivity index (χ0) is 16.3. The Kier molecular flexibility index (Phi) is 4.94. The van der Waals surface area contributed by atoms with Crippen molar-refractivity contribution in [3.63, 3.8) is 0 Å². The highest BCUT2D eigenvalue weighted by atomic mass is 32.2. The lowest BCUT2D eigenvalue weighted by Crippen LogP contribution is -2.24. The van der Waals surface area contributed by atoms with Gasteiger partial charge in [0.15, 0.2) is 0 Å². The Morgan fingerprint density at radius 1 is 1.36 bits per heavy atom. The van der Waals surface area contributed by atoms with Crippen molar-refractivity contribution in [1.29, 1.82) is 0 Å². The molecule has 0 bridgehead atoms. The van der Waals surface area contributed by atoms with Crippen LogP contribution < -0.4 is 4.72 Å². The van der Waals surface area contributed by atoms with Gasteiger partial charge in [-0.25, -0.2) is 22.5 Å². The van der Waals surface area contributed by atoms with Crippen LogP contribution in [-0.4, -0.2) is 32.4 Å². The molecule has 0 aliphatic carbocycles. The summed E-state index contributed by atoms with van der Waals surface area (Å²) in [6, 6.07) is 3.54. The van der Waals surface area contributed by atoms with Crippen molar-refractivity contribution >= 4 is 10.0 Å². The van der Waals surface area contributed by atoms with Gasteiger partial charge in [0.2, 0.25) is 15.9 Å². The fourth-order valence-corrected chi connectivity index (χ4v) is 3.16. The molecule has 0 fully saturated rings. The predicted octanol–water partition coefficient (Wildman–Crippen LogP) is 1.66. The first-order valence-corrected chi connectivity index (χ1v) is 8.10. The third-order valence-corrected chi connectivity index (χ3v) is 4.48. The third-order valence-electron chi connectivity index (χ3n) is 2.92. The minimum absolute atomic E-state index is 0.01000. The number of rotatable bonds is 6. The van der Waals surface area contributed by atoms with E-state index in [9.17, 15) is 12.8 Å². The van der Waals surface area contributed by atoms with E-state index in [-0.39, 0.29) is 11.4 Å². The standard InChI is InChI=1S/C14H18FN3O3S/c1-10-6-11(15)4-5-13(10)22(19,20)16-7-12-9-21-14(17-12)8-18(2)3/h4-6,9,16H,7-8H2,1-3H3. The van der Waals surface area contributed by atoms with Crippen molar-refractivity contribution in [1.82, 2.24) is 14.6 Å². The van der Waals surface area contributed by atoms with Crippen LogP contribution in [0.4, 0.5) is 4.39 Å². The van der Waals surface area contributed by atoms with Crippen LogP contribution in [-0.2, 0) is 23.1 Å². The lowest BCUT2D eigenvalue weighted by molar-refractivity contribution is 0.341. The van der Waals surface area contributed by atoms with E-state index in [1.807, 2.05) is 19.0 Å². The molecule has 1 aromatic heterocycles. The molecular weight excluding hydrogens is 309 g/mol. The van der Waals surface area contributed by atoms with Gasteiger partial charge in [-0.05, 0) is 44.8 Å². The Balaban J connectivity index is 2.08. The van der Waals surface area contributed by atoms with Crippen LogP contribution in [0.5, 0.6) is 0 Å². The Morgan fingerprint density at radius 3 is 2.73 bits per heavy atom. The number of benzene rings is 1. The lowest BCUT2D eigenvalue weighted by Gasteiger charge is -2.08. The van der Waals surface area contributed by atoms with Gasteiger partial charge in [0.05, 0.1) is 23.7 Å². The van der Waals surface area contributed by atoms with Crippen molar-refractivity contribution < 1.29 is 17.2 Å². The maximum Gasteiger partial charge on any atom is 0.241 e. The molecular formula is C14H18FN3O3S. The molecule has 0 unspecified atom stereocenters. The lowest BCUT2D eigenvalue weighted by atomic mass is 10.2. The second kappa shape index (κ2) is 6.55. The van der Waals surface area contributed by atoms with Crippen molar-refractivity contribution in [2.24, 2.45) is 0 Å². The van der Waals surface area contributed by atoms with Crippen LogP contribution in [0.25, 0.3) is 0 Å². The Labute approximate surface area is 129 Å². The number of oxazole rings is 1. The highest BCUT2D eigenvalue weighted by molar-refractivity contribution is 7.89. The van der Waals surface area contributed by atoms with E-state index in [0.29, 0.717) is 23.7 Å². The molecule has 1 aromatic carbocycles. The molecule has 0 radical (unpaired) electrons. The van der Waals surface area contributed by atoms with Gasteiger partial charge < -0.3 is 9.32 Å². The smallest absolute Gasteiger partial charge is 0.241 e. The molecule has 120 valence electrons. The van der Waals surface area contributed by atoms with Gasteiger partial charge in [0.1, 0.15) is 12.1 Å². The summed E-state index contributed by atoms with van der Waals surface area (Å²) in [6.07, 6.45) is 1.42. The highest BCUT2D eigenvalue weighted by Gasteiger charge is 2.17. The number of hydrogen-bond donors (Lipinski definition) is 1. The van der Waals surface area contributed by atoms with Crippen molar-refractivity contribution in [2.75, 3.05) is 14.1 Å². The van der Waals surface area contributed by atoms with E-state index in [2.05, 4.69) is 9.71 Å². The molecule has 1 heterocycles. The number of sulfonamides is 1. The highest BCUT2D eigenvalue weighted by Crippen LogP contribution is 2.16. The maximum atomic E-state index is 13.1. The average Bonchev–Trinajstić information content (AvgIpc) is 2.83. The average molecular weight is 327 g/mol. The van der Waals surface area contributed by atoms with Gasteiger partial charge in [-0.15, -0.1) is 0 Å². The second-order valence-corrected chi connectivity index (χ2v) is 6.94. The van der Waals surface area contributed by atoms with Crippen LogP contribution >= 0.6 is 0 Å². The van der Waals surface area contributed by atoms with E-state index in [0.717, 1.165) is 6.07 Å². The molecule has 1 N–H and O–H groups in total. The summed E-state index contributed by atoms with van der Waals surface area (Å²) in [7, 11) is 0.0293. The number of nitrogens with zero attached hydrogens (tertiary/aromatic N) is 2. The first kappa shape index (κ1) is 16.6. The van der Waals surface area contributed by atoms with Gasteiger partial charge >= 0.3 is 0 Å².